The molecule has 0 aliphatic rings. The molecule has 0 bridgehead atoms. The van der Waals surface area contributed by atoms with E-state index in [9.17, 15) is 24.5 Å². The average molecular weight is 391 g/mol. The smallest absolute Gasteiger partial charge is 0.349 e. The summed E-state index contributed by atoms with van der Waals surface area (Å²) in [7, 11) is 0. The fraction of sp³-hybridized carbons (Fsp3) is 0.235. The number of ether oxygens (including phenoxy) is 1. The third-order valence-corrected chi connectivity index (χ3v) is 4.52. The van der Waals surface area contributed by atoms with Gasteiger partial charge in [0.15, 0.2) is 6.61 Å². The van der Waals surface area contributed by atoms with Crippen LogP contribution in [0.2, 0.25) is 0 Å². The van der Waals surface area contributed by atoms with Crippen LogP contribution in [0, 0.1) is 24.0 Å². The zero-order valence-electron chi connectivity index (χ0n) is 14.6. The molecule has 0 spiro atoms. The van der Waals surface area contributed by atoms with Gasteiger partial charge in [-0.2, -0.15) is 0 Å². The average Bonchev–Trinajstić information content (AvgIpc) is 3.11. The number of rotatable bonds is 7. The topological polar surface area (TPSA) is 128 Å². The number of aryl methyl sites for hydroxylation is 2. The Balaban J connectivity index is 1.77. The summed E-state index contributed by atoms with van der Waals surface area (Å²) in [5.74, 6) is -1.92. The number of nitrogens with zero attached hydrogens (tertiary/aromatic N) is 1. The van der Waals surface area contributed by atoms with Gasteiger partial charge >= 0.3 is 11.0 Å². The summed E-state index contributed by atoms with van der Waals surface area (Å²) in [5.41, 5.74) is 2.48. The normalized spacial score (nSPS) is 10.1. The van der Waals surface area contributed by atoms with Crippen molar-refractivity contribution in [2.24, 2.45) is 0 Å². The minimum absolute atomic E-state index is 0.0160. The summed E-state index contributed by atoms with van der Waals surface area (Å²) in [6.45, 7) is 2.83. The van der Waals surface area contributed by atoms with Crippen LogP contribution in [0.4, 0.5) is 10.7 Å². The van der Waals surface area contributed by atoms with E-state index in [1.165, 1.54) is 12.1 Å². The maximum absolute atomic E-state index is 12.0. The van der Waals surface area contributed by atoms with Crippen LogP contribution in [0.1, 0.15) is 20.8 Å². The Morgan fingerprint density at radius 2 is 1.78 bits per heavy atom. The van der Waals surface area contributed by atoms with Crippen molar-refractivity contribution in [3.8, 4) is 0 Å². The van der Waals surface area contributed by atoms with Crippen LogP contribution in [0.25, 0.3) is 0 Å². The van der Waals surface area contributed by atoms with Gasteiger partial charge < -0.3 is 15.4 Å². The molecule has 0 fully saturated rings. The highest BCUT2D eigenvalue weighted by molar-refractivity contribution is 7.17. The molecule has 0 unspecified atom stereocenters. The first-order valence-corrected chi connectivity index (χ1v) is 8.63. The van der Waals surface area contributed by atoms with E-state index < -0.39 is 29.3 Å². The summed E-state index contributed by atoms with van der Waals surface area (Å²) < 4.78 is 4.78. The van der Waals surface area contributed by atoms with Gasteiger partial charge in [-0.05, 0) is 31.0 Å². The number of hydrogen-bond acceptors (Lipinski definition) is 7. The van der Waals surface area contributed by atoms with Gasteiger partial charge in [-0.25, -0.2) is 4.79 Å². The molecule has 142 valence electrons. The molecule has 2 N–H and O–H groups in total. The highest BCUT2D eigenvalue weighted by Crippen LogP contribution is 2.24. The van der Waals surface area contributed by atoms with Crippen LogP contribution in [-0.4, -0.2) is 35.9 Å². The van der Waals surface area contributed by atoms with Gasteiger partial charge in [-0.3, -0.25) is 19.7 Å². The lowest BCUT2D eigenvalue weighted by atomic mass is 10.1. The largest absolute Gasteiger partial charge is 0.451 e. The Hall–Kier alpha value is -3.27. The number of benzene rings is 1. The lowest BCUT2D eigenvalue weighted by molar-refractivity contribution is -0.380. The molecule has 27 heavy (non-hydrogen) atoms. The number of nitrogens with one attached hydrogen (secondary N) is 2. The first-order chi connectivity index (χ1) is 12.8. The number of carbonyl (C=O) groups is 3. The monoisotopic (exact) mass is 391 g/mol. The fourth-order valence-electron chi connectivity index (χ4n) is 2.16. The van der Waals surface area contributed by atoms with Gasteiger partial charge in [0, 0.05) is 11.8 Å². The molecule has 1 aromatic heterocycles. The van der Waals surface area contributed by atoms with Crippen molar-refractivity contribution in [3.63, 3.8) is 0 Å². The second-order valence-electron chi connectivity index (χ2n) is 5.56. The van der Waals surface area contributed by atoms with Gasteiger partial charge in [0.2, 0.25) is 5.91 Å². The molecule has 0 radical (unpaired) electrons. The maximum atomic E-state index is 12.0. The highest BCUT2D eigenvalue weighted by Gasteiger charge is 2.17. The van der Waals surface area contributed by atoms with Crippen molar-refractivity contribution in [2.45, 2.75) is 13.8 Å². The summed E-state index contributed by atoms with van der Waals surface area (Å²) in [6.07, 6.45) is 0. The van der Waals surface area contributed by atoms with Crippen LogP contribution in [-0.2, 0) is 14.3 Å². The van der Waals surface area contributed by atoms with Gasteiger partial charge in [-0.1, -0.05) is 29.5 Å². The second kappa shape index (κ2) is 8.90. The predicted octanol–water partition coefficient (Wildman–Crippen LogP) is 2.18. The third-order valence-electron chi connectivity index (χ3n) is 3.50. The van der Waals surface area contributed by atoms with Gasteiger partial charge in [0.05, 0.1) is 11.5 Å². The van der Waals surface area contributed by atoms with Crippen molar-refractivity contribution < 1.29 is 24.0 Å². The van der Waals surface area contributed by atoms with Crippen LogP contribution < -0.4 is 10.6 Å². The number of esters is 1. The standard InChI is InChI=1S/C17H17N3O6S/c1-10-4-3-5-11(2)16(10)19-13(21)8-18-14(22)9-26-17(23)12-6-7-15(27-12)20(24)25/h3-7H,8-9H2,1-2H3,(H,18,22)(H,19,21). The number of amides is 2. The van der Waals surface area contributed by atoms with Crippen LogP contribution in [0.3, 0.4) is 0 Å². The molecule has 2 aromatic rings. The SMILES string of the molecule is Cc1cccc(C)c1NC(=O)CNC(=O)COC(=O)c1ccc([N+](=O)[O-])s1. The van der Waals surface area contributed by atoms with Crippen molar-refractivity contribution in [2.75, 3.05) is 18.5 Å². The maximum Gasteiger partial charge on any atom is 0.349 e. The van der Waals surface area contributed by atoms with Crippen molar-refractivity contribution in [1.82, 2.24) is 5.32 Å². The number of hydrogen-bond donors (Lipinski definition) is 2. The lowest BCUT2D eigenvalue weighted by Crippen LogP contribution is -2.35. The molecule has 0 aliphatic carbocycles. The Labute approximate surface area is 158 Å². The minimum atomic E-state index is -0.844. The van der Waals surface area contributed by atoms with Crippen molar-refractivity contribution in [3.05, 3.63) is 56.5 Å². The van der Waals surface area contributed by atoms with Crippen LogP contribution in [0.15, 0.2) is 30.3 Å². The summed E-state index contributed by atoms with van der Waals surface area (Å²) in [6, 6.07) is 8.02. The van der Waals surface area contributed by atoms with Crippen molar-refractivity contribution >= 4 is 39.8 Å². The molecule has 0 saturated carbocycles. The first-order valence-electron chi connectivity index (χ1n) is 7.82. The fourth-order valence-corrected chi connectivity index (χ4v) is 2.88. The number of thiophene rings is 1. The lowest BCUT2D eigenvalue weighted by Gasteiger charge is -2.12. The molecule has 9 nitrogen and oxygen atoms in total. The second-order valence-corrected chi connectivity index (χ2v) is 6.63. The van der Waals surface area contributed by atoms with E-state index >= 15 is 0 Å². The van der Waals surface area contributed by atoms with Gasteiger partial charge in [-0.15, -0.1) is 0 Å². The Bertz CT molecular complexity index is 872. The minimum Gasteiger partial charge on any atom is -0.451 e. The van der Waals surface area contributed by atoms with Gasteiger partial charge in [0.25, 0.3) is 5.91 Å². The zero-order chi connectivity index (χ0) is 20.0. The Morgan fingerprint density at radius 1 is 1.11 bits per heavy atom. The molecule has 2 amide bonds. The van der Waals surface area contributed by atoms with E-state index in [0.717, 1.165) is 11.1 Å². The number of nitro groups is 1. The third kappa shape index (κ3) is 5.61. The molecule has 1 heterocycles. The molecule has 2 rings (SSSR count). The number of carbonyl (C=O) groups excluding carboxylic acids is 3. The number of para-hydroxylation sites is 1. The van der Waals surface area contributed by atoms with Crippen LogP contribution in [0.5, 0.6) is 0 Å². The molecule has 0 atom stereocenters. The molecule has 10 heteroatoms. The van der Waals surface area contributed by atoms with E-state index in [4.69, 9.17) is 4.74 Å². The van der Waals surface area contributed by atoms with E-state index in [2.05, 4.69) is 10.6 Å². The molecule has 0 saturated heterocycles. The van der Waals surface area contributed by atoms with Gasteiger partial charge in [0.1, 0.15) is 4.88 Å². The molecule has 1 aromatic carbocycles. The highest BCUT2D eigenvalue weighted by atomic mass is 32.1. The van der Waals surface area contributed by atoms with E-state index in [0.29, 0.717) is 17.0 Å². The Kier molecular flexibility index (Phi) is 6.61. The molecular weight excluding hydrogens is 374 g/mol. The summed E-state index contributed by atoms with van der Waals surface area (Å²) in [4.78, 5) is 45.4. The number of anilines is 1. The van der Waals surface area contributed by atoms with Crippen LogP contribution >= 0.6 is 11.3 Å². The summed E-state index contributed by atoms with van der Waals surface area (Å²) in [5, 5.41) is 15.4. The zero-order valence-corrected chi connectivity index (χ0v) is 15.4. The van der Waals surface area contributed by atoms with E-state index in [1.54, 1.807) is 0 Å². The van der Waals surface area contributed by atoms with E-state index in [-0.39, 0.29) is 16.4 Å². The first kappa shape index (κ1) is 20.0. The quantitative estimate of drug-likeness (QED) is 0.423. The molecular formula is C17H17N3O6S. The van der Waals surface area contributed by atoms with E-state index in [1.807, 2.05) is 32.0 Å². The predicted molar refractivity (Wildman–Crippen MR) is 98.8 cm³/mol. The van der Waals surface area contributed by atoms with Crippen molar-refractivity contribution in [1.29, 1.82) is 0 Å². The summed E-state index contributed by atoms with van der Waals surface area (Å²) >= 11 is 0.653. The molecule has 0 aliphatic heterocycles. The Morgan fingerprint density at radius 3 is 2.37 bits per heavy atom.